The molecule has 0 aliphatic carbocycles. The van der Waals surface area contributed by atoms with Gasteiger partial charge in [-0.05, 0) is 24.3 Å². The van der Waals surface area contributed by atoms with Crippen molar-refractivity contribution in [3.05, 3.63) is 21.9 Å². The predicted molar refractivity (Wildman–Crippen MR) is 74.2 cm³/mol. The summed E-state index contributed by atoms with van der Waals surface area (Å²) in [6, 6.07) is 2.06. The molecule has 1 aromatic heterocycles. The third kappa shape index (κ3) is 3.35. The third-order valence-corrected chi connectivity index (χ3v) is 4.12. The third-order valence-electron chi connectivity index (χ3n) is 3.22. The van der Waals surface area contributed by atoms with E-state index in [0.717, 1.165) is 12.8 Å². The van der Waals surface area contributed by atoms with Gasteiger partial charge in [-0.3, -0.25) is 4.79 Å². The number of carbonyl (C=O) groups is 1. The average Bonchev–Trinajstić information content (AvgIpc) is 2.92. The lowest BCUT2D eigenvalue weighted by Crippen LogP contribution is -2.40. The maximum atomic E-state index is 12.5. The molecule has 0 aromatic carbocycles. The number of hydrogen-bond acceptors (Lipinski definition) is 4. The first-order valence-corrected chi connectivity index (χ1v) is 7.14. The van der Waals surface area contributed by atoms with E-state index in [4.69, 9.17) is 9.84 Å². The summed E-state index contributed by atoms with van der Waals surface area (Å²) in [5, 5.41) is 10.6. The number of amides is 1. The van der Waals surface area contributed by atoms with Crippen LogP contribution in [-0.2, 0) is 4.74 Å². The highest BCUT2D eigenvalue weighted by Crippen LogP contribution is 2.21. The van der Waals surface area contributed by atoms with Crippen LogP contribution >= 0.6 is 11.3 Å². The van der Waals surface area contributed by atoms with E-state index in [9.17, 15) is 4.79 Å². The van der Waals surface area contributed by atoms with E-state index >= 15 is 0 Å². The van der Waals surface area contributed by atoms with Gasteiger partial charge >= 0.3 is 0 Å². The van der Waals surface area contributed by atoms with Crippen LogP contribution in [0.1, 0.15) is 28.1 Å². The van der Waals surface area contributed by atoms with Gasteiger partial charge in [-0.1, -0.05) is 11.8 Å². The fourth-order valence-corrected chi connectivity index (χ4v) is 2.94. The maximum absolute atomic E-state index is 12.5. The monoisotopic (exact) mass is 279 g/mol. The van der Waals surface area contributed by atoms with Crippen LogP contribution in [0.5, 0.6) is 0 Å². The molecule has 1 N–H and O–H groups in total. The van der Waals surface area contributed by atoms with Gasteiger partial charge in [-0.2, -0.15) is 0 Å². The highest BCUT2D eigenvalue weighted by molar-refractivity contribution is 7.12. The molecule has 0 unspecified atom stereocenters. The molecule has 0 radical (unpaired) electrons. The van der Waals surface area contributed by atoms with Crippen molar-refractivity contribution in [2.45, 2.75) is 18.9 Å². The highest BCUT2D eigenvalue weighted by atomic mass is 32.1. The summed E-state index contributed by atoms with van der Waals surface area (Å²) in [6.45, 7) is 1.23. The zero-order chi connectivity index (χ0) is 13.7. The zero-order valence-electron chi connectivity index (χ0n) is 10.9. The second-order valence-corrected chi connectivity index (χ2v) is 5.30. The van der Waals surface area contributed by atoms with Crippen molar-refractivity contribution in [1.82, 2.24) is 4.90 Å². The summed E-state index contributed by atoms with van der Waals surface area (Å²) in [4.78, 5) is 14.9. The number of aliphatic hydroxyl groups is 1. The Morgan fingerprint density at radius 3 is 3.00 bits per heavy atom. The van der Waals surface area contributed by atoms with Crippen LogP contribution < -0.4 is 0 Å². The van der Waals surface area contributed by atoms with Crippen LogP contribution in [0.4, 0.5) is 0 Å². The summed E-state index contributed by atoms with van der Waals surface area (Å²) >= 11 is 1.39. The lowest BCUT2D eigenvalue weighted by Gasteiger charge is -2.31. The molecule has 5 heteroatoms. The summed E-state index contributed by atoms with van der Waals surface area (Å²) in [5.74, 6) is 5.41. The number of hydrogen-bond donors (Lipinski definition) is 1. The van der Waals surface area contributed by atoms with E-state index < -0.39 is 0 Å². The van der Waals surface area contributed by atoms with Crippen molar-refractivity contribution in [3.63, 3.8) is 0 Å². The molecule has 1 saturated heterocycles. The summed E-state index contributed by atoms with van der Waals surface area (Å²) in [5.41, 5.74) is 0.697. The number of nitrogens with zero attached hydrogens (tertiary/aromatic N) is 1. The Hall–Kier alpha value is -1.35. The van der Waals surface area contributed by atoms with Gasteiger partial charge < -0.3 is 14.7 Å². The topological polar surface area (TPSA) is 49.8 Å². The van der Waals surface area contributed by atoms with E-state index in [-0.39, 0.29) is 18.6 Å². The van der Waals surface area contributed by atoms with Gasteiger partial charge in [0.1, 0.15) is 11.5 Å². The van der Waals surface area contributed by atoms with E-state index in [1.807, 2.05) is 18.5 Å². The Bertz CT molecular complexity index is 494. The molecule has 0 bridgehead atoms. The van der Waals surface area contributed by atoms with E-state index in [1.54, 1.807) is 4.90 Å². The first-order valence-electron chi connectivity index (χ1n) is 6.26. The summed E-state index contributed by atoms with van der Waals surface area (Å²) in [6.07, 6.45) is 1.76. The number of ether oxygens (including phenoxy) is 1. The molecule has 0 saturated carbocycles. The second kappa shape index (κ2) is 6.71. The van der Waals surface area contributed by atoms with Crippen LogP contribution in [0.2, 0.25) is 0 Å². The van der Waals surface area contributed by atoms with Crippen molar-refractivity contribution in [2.24, 2.45) is 0 Å². The van der Waals surface area contributed by atoms with Crippen molar-refractivity contribution >= 4 is 17.2 Å². The molecule has 4 nitrogen and oxygen atoms in total. The first kappa shape index (κ1) is 14.1. The number of rotatable bonds is 2. The van der Waals surface area contributed by atoms with Gasteiger partial charge in [0, 0.05) is 31.9 Å². The minimum atomic E-state index is -0.195. The van der Waals surface area contributed by atoms with Crippen LogP contribution in [0.25, 0.3) is 0 Å². The molecule has 0 spiro atoms. The second-order valence-electron chi connectivity index (χ2n) is 4.38. The average molecular weight is 279 g/mol. The van der Waals surface area contributed by atoms with E-state index in [0.29, 0.717) is 23.7 Å². The molecule has 2 heterocycles. The molecule has 2 rings (SSSR count). The lowest BCUT2D eigenvalue weighted by atomic mass is 10.1. The molecule has 1 aliphatic rings. The Labute approximate surface area is 117 Å². The minimum Gasteiger partial charge on any atom is -0.384 e. The molecule has 1 aliphatic heterocycles. The molecular weight excluding hydrogens is 262 g/mol. The van der Waals surface area contributed by atoms with E-state index in [1.165, 1.54) is 11.3 Å². The van der Waals surface area contributed by atoms with Crippen LogP contribution in [0.15, 0.2) is 11.4 Å². The van der Waals surface area contributed by atoms with Crippen LogP contribution in [-0.4, -0.2) is 48.8 Å². The zero-order valence-corrected chi connectivity index (χ0v) is 11.7. The normalized spacial score (nSPS) is 15.7. The fraction of sp³-hybridized carbons (Fsp3) is 0.500. The Kier molecular flexibility index (Phi) is 4.97. The van der Waals surface area contributed by atoms with Crippen molar-refractivity contribution in [3.8, 4) is 11.8 Å². The van der Waals surface area contributed by atoms with Gasteiger partial charge in [0.2, 0.25) is 0 Å². The number of carbonyl (C=O) groups excluding carboxylic acids is 1. The SMILES string of the molecule is CN(C(=O)c1sccc1C#CCO)C1CCOCC1. The van der Waals surface area contributed by atoms with Gasteiger partial charge in [0.25, 0.3) is 5.91 Å². The van der Waals surface area contributed by atoms with Crippen molar-refractivity contribution in [2.75, 3.05) is 26.9 Å². The van der Waals surface area contributed by atoms with Crippen LogP contribution in [0, 0.1) is 11.8 Å². The summed E-state index contributed by atoms with van der Waals surface area (Å²) < 4.78 is 5.31. The Morgan fingerprint density at radius 2 is 2.32 bits per heavy atom. The smallest absolute Gasteiger partial charge is 0.265 e. The molecule has 1 fully saturated rings. The van der Waals surface area contributed by atoms with Gasteiger partial charge in [0.15, 0.2) is 0 Å². The molecule has 0 atom stereocenters. The summed E-state index contributed by atoms with van der Waals surface area (Å²) in [7, 11) is 1.83. The van der Waals surface area contributed by atoms with E-state index in [2.05, 4.69) is 11.8 Å². The minimum absolute atomic E-state index is 0.00383. The number of aliphatic hydroxyl groups excluding tert-OH is 1. The van der Waals surface area contributed by atoms with Crippen LogP contribution in [0.3, 0.4) is 0 Å². The quantitative estimate of drug-likeness (QED) is 0.831. The van der Waals surface area contributed by atoms with Crippen molar-refractivity contribution < 1.29 is 14.6 Å². The predicted octanol–water partition coefficient (Wildman–Crippen LogP) is 1.34. The Balaban J connectivity index is 2.12. The largest absolute Gasteiger partial charge is 0.384 e. The van der Waals surface area contributed by atoms with Gasteiger partial charge in [-0.15, -0.1) is 11.3 Å². The standard InChI is InChI=1S/C14H17NO3S/c1-15(12-4-8-18-9-5-12)14(17)13-11(3-2-7-16)6-10-19-13/h6,10,12,16H,4-5,7-9H2,1H3. The van der Waals surface area contributed by atoms with Crippen molar-refractivity contribution in [1.29, 1.82) is 0 Å². The molecular formula is C14H17NO3S. The highest BCUT2D eigenvalue weighted by Gasteiger charge is 2.25. The van der Waals surface area contributed by atoms with Gasteiger partial charge in [0.05, 0.1) is 0 Å². The molecule has 1 amide bonds. The van der Waals surface area contributed by atoms with Gasteiger partial charge in [-0.25, -0.2) is 0 Å². The fourth-order valence-electron chi connectivity index (χ4n) is 2.11. The first-order chi connectivity index (χ1) is 9.24. The molecule has 102 valence electrons. The lowest BCUT2D eigenvalue weighted by molar-refractivity contribution is 0.0364. The maximum Gasteiger partial charge on any atom is 0.265 e. The molecule has 19 heavy (non-hydrogen) atoms. The molecule has 1 aromatic rings. The Morgan fingerprint density at radius 1 is 1.58 bits per heavy atom. The number of thiophene rings is 1.